The van der Waals surface area contributed by atoms with E-state index >= 15 is 0 Å². The van der Waals surface area contributed by atoms with Crippen LogP contribution in [0.4, 0.5) is 0 Å². The molecule has 0 unspecified atom stereocenters. The fourth-order valence-corrected chi connectivity index (χ4v) is 2.34. The second kappa shape index (κ2) is 8.64. The minimum Gasteiger partial charge on any atom is -0.480 e. The van der Waals surface area contributed by atoms with Gasteiger partial charge in [-0.15, -0.1) is 10.2 Å². The quantitative estimate of drug-likeness (QED) is 0.785. The fraction of sp³-hybridized carbons (Fsp3) is 0.250. The lowest BCUT2D eigenvalue weighted by molar-refractivity contribution is -0.137. The predicted molar refractivity (Wildman–Crippen MR) is 92.4 cm³/mol. The van der Waals surface area contributed by atoms with Crippen LogP contribution in [0.3, 0.4) is 0 Å². The number of benzene rings is 1. The van der Waals surface area contributed by atoms with E-state index in [1.807, 2.05) is 6.92 Å². The average molecular weight is 384 g/mol. The number of aliphatic carboxylic acids is 1. The minimum absolute atomic E-state index is 0.0271. The Bertz CT molecular complexity index is 768. The SMILES string of the molecule is CCCN(CC(=O)O)C(=O)c1ccc(Oc2cccc(Cl)c2Cl)nn1. The van der Waals surface area contributed by atoms with Gasteiger partial charge in [-0.05, 0) is 24.6 Å². The van der Waals surface area contributed by atoms with Crippen LogP contribution in [0.2, 0.25) is 10.0 Å². The maximum Gasteiger partial charge on any atom is 0.323 e. The van der Waals surface area contributed by atoms with Gasteiger partial charge in [-0.25, -0.2) is 0 Å². The smallest absolute Gasteiger partial charge is 0.323 e. The highest BCUT2D eigenvalue weighted by atomic mass is 35.5. The second-order valence-electron chi connectivity index (χ2n) is 5.03. The largest absolute Gasteiger partial charge is 0.480 e. The number of amides is 1. The van der Waals surface area contributed by atoms with Crippen LogP contribution in [0.15, 0.2) is 30.3 Å². The number of ether oxygens (including phenoxy) is 1. The summed E-state index contributed by atoms with van der Waals surface area (Å²) in [5.41, 5.74) is 0.0271. The van der Waals surface area contributed by atoms with E-state index in [-0.39, 0.29) is 16.6 Å². The number of hydrogen-bond donors (Lipinski definition) is 1. The zero-order chi connectivity index (χ0) is 18.4. The molecule has 1 amide bonds. The molecular formula is C16H15Cl2N3O4. The molecule has 2 rings (SSSR count). The highest BCUT2D eigenvalue weighted by Gasteiger charge is 2.19. The first-order chi connectivity index (χ1) is 11.9. The summed E-state index contributed by atoms with van der Waals surface area (Å²) in [4.78, 5) is 24.4. The number of aromatic nitrogens is 2. The maximum absolute atomic E-state index is 12.3. The predicted octanol–water partition coefficient (Wildman–Crippen LogP) is 3.51. The number of carboxylic acid groups (broad SMARTS) is 1. The van der Waals surface area contributed by atoms with Gasteiger partial charge in [-0.2, -0.15) is 0 Å². The van der Waals surface area contributed by atoms with Crippen molar-refractivity contribution < 1.29 is 19.4 Å². The molecule has 0 saturated heterocycles. The van der Waals surface area contributed by atoms with E-state index in [1.165, 1.54) is 17.0 Å². The lowest BCUT2D eigenvalue weighted by Crippen LogP contribution is -2.36. The highest BCUT2D eigenvalue weighted by Crippen LogP contribution is 2.33. The van der Waals surface area contributed by atoms with Gasteiger partial charge in [-0.1, -0.05) is 36.2 Å². The number of hydrogen-bond acceptors (Lipinski definition) is 5. The summed E-state index contributed by atoms with van der Waals surface area (Å²) >= 11 is 11.9. The Hall–Kier alpha value is -2.38. The molecule has 1 N–H and O–H groups in total. The molecule has 132 valence electrons. The Morgan fingerprint density at radius 1 is 1.20 bits per heavy atom. The summed E-state index contributed by atoms with van der Waals surface area (Å²) in [6, 6.07) is 7.76. The Balaban J connectivity index is 2.14. The van der Waals surface area contributed by atoms with E-state index in [4.69, 9.17) is 33.0 Å². The molecule has 0 fully saturated rings. The second-order valence-corrected chi connectivity index (χ2v) is 5.82. The summed E-state index contributed by atoms with van der Waals surface area (Å²) in [6.07, 6.45) is 0.626. The first-order valence-corrected chi connectivity index (χ1v) is 8.14. The van der Waals surface area contributed by atoms with Crippen LogP contribution < -0.4 is 4.74 Å². The third kappa shape index (κ3) is 5.04. The standard InChI is InChI=1S/C16H15Cl2N3O4/c1-2-8-21(9-14(22)23)16(24)11-6-7-13(20-19-11)25-12-5-3-4-10(17)15(12)18/h3-7H,2,8-9H2,1H3,(H,22,23). The van der Waals surface area contributed by atoms with Crippen LogP contribution in [-0.4, -0.2) is 45.2 Å². The third-order valence-electron chi connectivity index (χ3n) is 3.10. The first-order valence-electron chi connectivity index (χ1n) is 7.39. The van der Waals surface area contributed by atoms with Crippen molar-refractivity contribution >= 4 is 35.1 Å². The number of halogens is 2. The van der Waals surface area contributed by atoms with E-state index in [2.05, 4.69) is 10.2 Å². The van der Waals surface area contributed by atoms with Crippen LogP contribution in [0.25, 0.3) is 0 Å². The van der Waals surface area contributed by atoms with Crippen molar-refractivity contribution in [2.75, 3.05) is 13.1 Å². The molecule has 0 radical (unpaired) electrons. The molecule has 2 aromatic rings. The number of nitrogens with zero attached hydrogens (tertiary/aromatic N) is 3. The van der Waals surface area contributed by atoms with E-state index in [9.17, 15) is 9.59 Å². The number of carboxylic acids is 1. The minimum atomic E-state index is -1.09. The lowest BCUT2D eigenvalue weighted by atomic mass is 10.3. The van der Waals surface area contributed by atoms with Crippen molar-refractivity contribution in [2.24, 2.45) is 0 Å². The van der Waals surface area contributed by atoms with Crippen molar-refractivity contribution in [2.45, 2.75) is 13.3 Å². The van der Waals surface area contributed by atoms with Crippen molar-refractivity contribution in [1.82, 2.24) is 15.1 Å². The molecule has 9 heteroatoms. The molecule has 25 heavy (non-hydrogen) atoms. The molecular weight excluding hydrogens is 369 g/mol. The van der Waals surface area contributed by atoms with E-state index in [0.717, 1.165) is 0 Å². The van der Waals surface area contributed by atoms with Gasteiger partial charge < -0.3 is 14.7 Å². The van der Waals surface area contributed by atoms with Crippen LogP contribution in [0, 0.1) is 0 Å². The number of carbonyl (C=O) groups is 2. The van der Waals surface area contributed by atoms with Crippen molar-refractivity contribution in [3.05, 3.63) is 46.1 Å². The Labute approximate surface area is 154 Å². The Kier molecular flexibility index (Phi) is 6.55. The average Bonchev–Trinajstić information content (AvgIpc) is 2.58. The molecule has 7 nitrogen and oxygen atoms in total. The third-order valence-corrected chi connectivity index (χ3v) is 3.90. The number of rotatable bonds is 7. The normalized spacial score (nSPS) is 10.4. The van der Waals surface area contributed by atoms with Crippen LogP contribution >= 0.6 is 23.2 Å². The summed E-state index contributed by atoms with van der Waals surface area (Å²) < 4.78 is 5.49. The molecule has 0 aliphatic heterocycles. The van der Waals surface area contributed by atoms with Gasteiger partial charge in [0.2, 0.25) is 5.88 Å². The van der Waals surface area contributed by atoms with Gasteiger partial charge in [0.05, 0.1) is 5.02 Å². The highest BCUT2D eigenvalue weighted by molar-refractivity contribution is 6.42. The molecule has 0 bridgehead atoms. The molecule has 0 spiro atoms. The summed E-state index contributed by atoms with van der Waals surface area (Å²) in [7, 11) is 0. The van der Waals surface area contributed by atoms with Gasteiger partial charge in [0, 0.05) is 12.6 Å². The van der Waals surface area contributed by atoms with Gasteiger partial charge in [0.25, 0.3) is 5.91 Å². The molecule has 0 saturated carbocycles. The summed E-state index contributed by atoms with van der Waals surface area (Å²) in [5, 5.41) is 17.1. The van der Waals surface area contributed by atoms with Crippen LogP contribution in [0.5, 0.6) is 11.6 Å². The topological polar surface area (TPSA) is 92.6 Å². The van der Waals surface area contributed by atoms with Crippen LogP contribution in [0.1, 0.15) is 23.8 Å². The van der Waals surface area contributed by atoms with Crippen molar-refractivity contribution in [3.63, 3.8) is 0 Å². The fourth-order valence-electron chi connectivity index (χ4n) is 2.01. The van der Waals surface area contributed by atoms with Crippen molar-refractivity contribution in [3.8, 4) is 11.6 Å². The molecule has 0 aliphatic carbocycles. The van der Waals surface area contributed by atoms with E-state index in [1.54, 1.807) is 18.2 Å². The molecule has 1 heterocycles. The molecule has 1 aromatic carbocycles. The molecule has 0 atom stereocenters. The monoisotopic (exact) mass is 383 g/mol. The molecule has 0 aliphatic rings. The summed E-state index contributed by atoms with van der Waals surface area (Å²) in [5.74, 6) is -1.17. The van der Waals surface area contributed by atoms with Gasteiger partial charge in [-0.3, -0.25) is 9.59 Å². The number of carbonyl (C=O) groups excluding carboxylic acids is 1. The van der Waals surface area contributed by atoms with Gasteiger partial charge in [0.1, 0.15) is 17.3 Å². The molecule has 1 aromatic heterocycles. The lowest BCUT2D eigenvalue weighted by Gasteiger charge is -2.19. The Morgan fingerprint density at radius 3 is 2.56 bits per heavy atom. The summed E-state index contributed by atoms with van der Waals surface area (Å²) in [6.45, 7) is 1.76. The van der Waals surface area contributed by atoms with E-state index in [0.29, 0.717) is 23.7 Å². The van der Waals surface area contributed by atoms with E-state index < -0.39 is 18.4 Å². The first kappa shape index (κ1) is 19.0. The van der Waals surface area contributed by atoms with Crippen LogP contribution in [-0.2, 0) is 4.79 Å². The zero-order valence-corrected chi connectivity index (χ0v) is 14.8. The Morgan fingerprint density at radius 2 is 1.96 bits per heavy atom. The van der Waals surface area contributed by atoms with Crippen molar-refractivity contribution in [1.29, 1.82) is 0 Å². The zero-order valence-electron chi connectivity index (χ0n) is 13.3. The maximum atomic E-state index is 12.3. The van der Waals surface area contributed by atoms with Gasteiger partial charge >= 0.3 is 5.97 Å². The van der Waals surface area contributed by atoms with Gasteiger partial charge in [0.15, 0.2) is 5.69 Å².